The molecule has 2 aromatic heterocycles. The van der Waals surface area contributed by atoms with Gasteiger partial charge >= 0.3 is 0 Å². The molecule has 8 nitrogen and oxygen atoms in total. The average Bonchev–Trinajstić information content (AvgIpc) is 3.23. The van der Waals surface area contributed by atoms with Crippen LogP contribution in [0.3, 0.4) is 0 Å². The van der Waals surface area contributed by atoms with Crippen molar-refractivity contribution in [3.05, 3.63) is 60.1 Å². The molecule has 0 atom stereocenters. The summed E-state index contributed by atoms with van der Waals surface area (Å²) in [5.74, 6) is 0.398. The maximum atomic E-state index is 12.7. The lowest BCUT2D eigenvalue weighted by Crippen LogP contribution is -2.31. The molecule has 29 heavy (non-hydrogen) atoms. The molecule has 2 amide bonds. The summed E-state index contributed by atoms with van der Waals surface area (Å²) in [6.07, 6.45) is 2.09. The smallest absolute Gasteiger partial charge is 0.255 e. The van der Waals surface area contributed by atoms with E-state index in [1.54, 1.807) is 47.5 Å². The summed E-state index contributed by atoms with van der Waals surface area (Å²) in [5, 5.41) is 6.71. The summed E-state index contributed by atoms with van der Waals surface area (Å²) in [6, 6.07) is 12.4. The highest BCUT2D eigenvalue weighted by Crippen LogP contribution is 2.18. The Hall–Kier alpha value is -3.55. The second-order valence-electron chi connectivity index (χ2n) is 6.30. The first-order valence-electron chi connectivity index (χ1n) is 9.54. The molecule has 1 N–H and O–H groups in total. The van der Waals surface area contributed by atoms with Crippen molar-refractivity contribution in [1.82, 2.24) is 20.0 Å². The van der Waals surface area contributed by atoms with Crippen LogP contribution < -0.4 is 5.32 Å². The Morgan fingerprint density at radius 2 is 1.83 bits per heavy atom. The number of hydrogen-bond acceptors (Lipinski definition) is 6. The first-order valence-corrected chi connectivity index (χ1v) is 9.54. The summed E-state index contributed by atoms with van der Waals surface area (Å²) >= 11 is 0. The molecule has 0 aliphatic rings. The van der Waals surface area contributed by atoms with Gasteiger partial charge in [0.1, 0.15) is 5.69 Å². The van der Waals surface area contributed by atoms with Crippen molar-refractivity contribution < 1.29 is 14.1 Å². The zero-order valence-electron chi connectivity index (χ0n) is 16.5. The van der Waals surface area contributed by atoms with Gasteiger partial charge in [-0.05, 0) is 38.1 Å². The van der Waals surface area contributed by atoms with E-state index in [1.807, 2.05) is 19.9 Å². The molecule has 0 aliphatic carbocycles. The van der Waals surface area contributed by atoms with Crippen LogP contribution in [0.2, 0.25) is 0 Å². The maximum Gasteiger partial charge on any atom is 0.255 e. The number of rotatable bonds is 8. The highest BCUT2D eigenvalue weighted by Gasteiger charge is 2.18. The number of pyridine rings is 1. The number of carbonyl (C=O) groups is 2. The van der Waals surface area contributed by atoms with E-state index < -0.39 is 0 Å². The van der Waals surface area contributed by atoms with Crippen molar-refractivity contribution in [3.63, 3.8) is 0 Å². The van der Waals surface area contributed by atoms with Gasteiger partial charge in [-0.15, -0.1) is 0 Å². The Bertz CT molecular complexity index is 967. The fourth-order valence-corrected chi connectivity index (χ4v) is 2.85. The normalized spacial score (nSPS) is 10.6. The lowest BCUT2D eigenvalue weighted by Gasteiger charge is -2.20. The second kappa shape index (κ2) is 9.59. The Labute approximate surface area is 169 Å². The number of nitrogens with zero attached hydrogens (tertiary/aromatic N) is 4. The van der Waals surface area contributed by atoms with Crippen molar-refractivity contribution in [2.45, 2.75) is 26.7 Å². The molecular formula is C21H23N5O3. The summed E-state index contributed by atoms with van der Waals surface area (Å²) in [4.78, 5) is 35.2. The minimum absolute atomic E-state index is 0.109. The number of para-hydroxylation sites is 1. The zero-order valence-corrected chi connectivity index (χ0v) is 16.5. The first kappa shape index (κ1) is 20.2. The topological polar surface area (TPSA) is 101 Å². The number of carbonyl (C=O) groups excluding carboxylic acids is 2. The zero-order chi connectivity index (χ0) is 20.6. The van der Waals surface area contributed by atoms with E-state index >= 15 is 0 Å². The van der Waals surface area contributed by atoms with Gasteiger partial charge in [-0.3, -0.25) is 14.6 Å². The maximum absolute atomic E-state index is 12.7. The van der Waals surface area contributed by atoms with Crippen molar-refractivity contribution in [2.24, 2.45) is 0 Å². The van der Waals surface area contributed by atoms with Gasteiger partial charge in [-0.25, -0.2) is 0 Å². The molecule has 0 bridgehead atoms. The fraction of sp³-hybridized carbons (Fsp3) is 0.286. The number of aryl methyl sites for hydroxylation is 1. The van der Waals surface area contributed by atoms with Gasteiger partial charge < -0.3 is 14.7 Å². The lowest BCUT2D eigenvalue weighted by molar-refractivity contribution is -0.116. The molecule has 8 heteroatoms. The molecule has 1 aromatic carbocycles. The molecule has 3 rings (SSSR count). The van der Waals surface area contributed by atoms with Gasteiger partial charge in [0.15, 0.2) is 0 Å². The lowest BCUT2D eigenvalue weighted by atomic mass is 10.1. The van der Waals surface area contributed by atoms with Crippen LogP contribution >= 0.6 is 0 Å². The number of nitrogens with one attached hydrogen (secondary N) is 1. The van der Waals surface area contributed by atoms with Crippen LogP contribution in [-0.2, 0) is 11.2 Å². The highest BCUT2D eigenvalue weighted by molar-refractivity contribution is 6.03. The van der Waals surface area contributed by atoms with Gasteiger partial charge in [0.2, 0.25) is 17.6 Å². The van der Waals surface area contributed by atoms with Crippen LogP contribution in [-0.4, -0.2) is 44.9 Å². The quantitative estimate of drug-likeness (QED) is 0.631. The van der Waals surface area contributed by atoms with Gasteiger partial charge in [0.05, 0.1) is 11.3 Å². The molecular weight excluding hydrogens is 370 g/mol. The molecule has 0 saturated carbocycles. The fourth-order valence-electron chi connectivity index (χ4n) is 2.85. The largest absolute Gasteiger partial charge is 0.339 e. The molecule has 0 radical (unpaired) electrons. The number of amides is 2. The molecule has 0 saturated heterocycles. The number of benzene rings is 1. The third kappa shape index (κ3) is 5.04. The van der Waals surface area contributed by atoms with Crippen molar-refractivity contribution >= 4 is 17.5 Å². The summed E-state index contributed by atoms with van der Waals surface area (Å²) in [5.41, 5.74) is 1.57. The summed E-state index contributed by atoms with van der Waals surface area (Å²) < 4.78 is 5.20. The average molecular weight is 393 g/mol. The van der Waals surface area contributed by atoms with Gasteiger partial charge in [-0.2, -0.15) is 4.98 Å². The van der Waals surface area contributed by atoms with E-state index in [0.717, 1.165) is 0 Å². The predicted molar refractivity (Wildman–Crippen MR) is 108 cm³/mol. The van der Waals surface area contributed by atoms with E-state index in [4.69, 9.17) is 4.52 Å². The highest BCUT2D eigenvalue weighted by atomic mass is 16.5. The van der Waals surface area contributed by atoms with Crippen LogP contribution in [0.1, 0.15) is 36.5 Å². The number of anilines is 1. The van der Waals surface area contributed by atoms with E-state index in [2.05, 4.69) is 20.4 Å². The summed E-state index contributed by atoms with van der Waals surface area (Å²) in [6.45, 7) is 5.05. The SMILES string of the molecule is CCN(CC)C(=O)c1ccccc1NC(=O)CCc1nc(-c2ccccn2)no1. The van der Waals surface area contributed by atoms with Gasteiger partial charge in [-0.1, -0.05) is 23.4 Å². The minimum atomic E-state index is -0.234. The molecule has 2 heterocycles. The first-order chi connectivity index (χ1) is 14.1. The number of aromatic nitrogens is 3. The van der Waals surface area contributed by atoms with Gasteiger partial charge in [0.25, 0.3) is 5.91 Å². The summed E-state index contributed by atoms with van der Waals surface area (Å²) in [7, 11) is 0. The third-order valence-electron chi connectivity index (χ3n) is 4.41. The molecule has 0 unspecified atom stereocenters. The Balaban J connectivity index is 1.62. The Morgan fingerprint density at radius 3 is 2.55 bits per heavy atom. The van der Waals surface area contributed by atoms with Crippen LogP contribution in [0.4, 0.5) is 5.69 Å². The van der Waals surface area contributed by atoms with Crippen LogP contribution in [0.25, 0.3) is 11.5 Å². The minimum Gasteiger partial charge on any atom is -0.339 e. The monoisotopic (exact) mass is 393 g/mol. The standard InChI is InChI=1S/C21H23N5O3/c1-3-26(4-2)21(28)15-9-5-6-10-16(15)23-18(27)12-13-19-24-20(25-29-19)17-11-7-8-14-22-17/h5-11,14H,3-4,12-13H2,1-2H3,(H,23,27). The van der Waals surface area contributed by atoms with Crippen LogP contribution in [0.5, 0.6) is 0 Å². The Kier molecular flexibility index (Phi) is 6.67. The van der Waals surface area contributed by atoms with E-state index in [-0.39, 0.29) is 24.7 Å². The van der Waals surface area contributed by atoms with Crippen molar-refractivity contribution in [1.29, 1.82) is 0 Å². The number of hydrogen-bond donors (Lipinski definition) is 1. The van der Waals surface area contributed by atoms with E-state index in [0.29, 0.717) is 41.7 Å². The van der Waals surface area contributed by atoms with Crippen molar-refractivity contribution in [3.8, 4) is 11.5 Å². The third-order valence-corrected chi connectivity index (χ3v) is 4.41. The second-order valence-corrected chi connectivity index (χ2v) is 6.30. The molecule has 0 aliphatic heterocycles. The van der Waals surface area contributed by atoms with Gasteiger partial charge in [0, 0.05) is 32.1 Å². The Morgan fingerprint density at radius 1 is 1.07 bits per heavy atom. The van der Waals surface area contributed by atoms with E-state index in [1.165, 1.54) is 0 Å². The molecule has 0 spiro atoms. The van der Waals surface area contributed by atoms with E-state index in [9.17, 15) is 9.59 Å². The van der Waals surface area contributed by atoms with Crippen LogP contribution in [0.15, 0.2) is 53.2 Å². The molecule has 150 valence electrons. The molecule has 0 fully saturated rings. The van der Waals surface area contributed by atoms with Crippen LogP contribution in [0, 0.1) is 0 Å². The predicted octanol–water partition coefficient (Wildman–Crippen LogP) is 3.18. The van der Waals surface area contributed by atoms with Crippen molar-refractivity contribution in [2.75, 3.05) is 18.4 Å². The molecule has 3 aromatic rings.